The van der Waals surface area contributed by atoms with Gasteiger partial charge in [-0.15, -0.1) is 0 Å². The average Bonchev–Trinajstić information content (AvgIpc) is 3.27. The highest BCUT2D eigenvalue weighted by atomic mass is 16.7. The zero-order valence-electron chi connectivity index (χ0n) is 19.3. The largest absolute Gasteiger partial charge is 0.493 e. The molecule has 0 aliphatic carbocycles. The van der Waals surface area contributed by atoms with Crippen LogP contribution in [0.15, 0.2) is 48.7 Å². The Kier molecular flexibility index (Phi) is 4.47. The Labute approximate surface area is 193 Å². The zero-order valence-corrected chi connectivity index (χ0v) is 19.3. The van der Waals surface area contributed by atoms with Crippen LogP contribution in [0.25, 0.3) is 33.2 Å². The molecule has 2 aliphatic rings. The van der Waals surface area contributed by atoms with Crippen LogP contribution in [0.2, 0.25) is 0 Å². The molecule has 6 rings (SSSR count). The van der Waals surface area contributed by atoms with Crippen LogP contribution in [0.3, 0.4) is 0 Å². The molecule has 1 aromatic heterocycles. The number of hydrogen-bond acceptors (Lipinski definition) is 4. The highest BCUT2D eigenvalue weighted by Gasteiger charge is 2.29. The summed E-state index contributed by atoms with van der Waals surface area (Å²) in [6.07, 6.45) is 3.14. The lowest BCUT2D eigenvalue weighted by atomic mass is 9.91. The van der Waals surface area contributed by atoms with Crippen LogP contribution in [0.5, 0.6) is 23.0 Å². The van der Waals surface area contributed by atoms with E-state index in [1.165, 1.54) is 33.5 Å². The summed E-state index contributed by atoms with van der Waals surface area (Å²) in [6.45, 7) is 5.44. The van der Waals surface area contributed by atoms with Crippen LogP contribution < -0.4 is 23.5 Å². The Morgan fingerprint density at radius 1 is 0.788 bits per heavy atom. The number of pyridine rings is 1. The number of nitrogens with zero attached hydrogens (tertiary/aromatic N) is 1. The van der Waals surface area contributed by atoms with Crippen molar-refractivity contribution in [1.82, 2.24) is 0 Å². The van der Waals surface area contributed by atoms with Gasteiger partial charge in [-0.1, -0.05) is 29.3 Å². The number of hydrogen-bond donors (Lipinski definition) is 0. The first-order valence-electron chi connectivity index (χ1n) is 11.2. The topological polar surface area (TPSA) is 40.8 Å². The number of rotatable bonds is 3. The monoisotopic (exact) mass is 440 g/mol. The van der Waals surface area contributed by atoms with E-state index in [0.717, 1.165) is 52.3 Å². The average molecular weight is 441 g/mol. The van der Waals surface area contributed by atoms with Crippen LogP contribution in [-0.2, 0) is 13.0 Å². The highest BCUT2D eigenvalue weighted by Crippen LogP contribution is 2.45. The quantitative estimate of drug-likeness (QED) is 0.401. The van der Waals surface area contributed by atoms with Crippen LogP contribution >= 0.6 is 0 Å². The summed E-state index contributed by atoms with van der Waals surface area (Å²) in [6, 6.07) is 15.3. The molecule has 166 valence electrons. The zero-order chi connectivity index (χ0) is 22.7. The molecule has 0 bridgehead atoms. The third-order valence-electron chi connectivity index (χ3n) is 6.65. The summed E-state index contributed by atoms with van der Waals surface area (Å²) in [5.74, 6) is 3.14. The molecule has 2 aliphatic heterocycles. The van der Waals surface area contributed by atoms with Gasteiger partial charge in [0.05, 0.1) is 25.2 Å². The fraction of sp³-hybridized carbons (Fsp3) is 0.250. The van der Waals surface area contributed by atoms with Gasteiger partial charge in [0.1, 0.15) is 0 Å². The van der Waals surface area contributed by atoms with Gasteiger partial charge in [0.15, 0.2) is 35.7 Å². The standard InChI is InChI=1S/C28H26NO4/c1-16-7-17(2)9-19(8-16)20-12-27(30-3)28(31-4)23-14-29-6-5-18-10-25-26(33-15-32-25)13-21(18)24(29)11-22(20)23/h7-14H,5-6,15H2,1-4H3/q+1. The maximum absolute atomic E-state index is 5.83. The molecular weight excluding hydrogens is 414 g/mol. The van der Waals surface area contributed by atoms with E-state index < -0.39 is 0 Å². The second-order valence-corrected chi connectivity index (χ2v) is 8.83. The third kappa shape index (κ3) is 3.10. The molecule has 3 aromatic carbocycles. The smallest absolute Gasteiger partial charge is 0.231 e. The third-order valence-corrected chi connectivity index (χ3v) is 6.65. The summed E-state index contributed by atoms with van der Waals surface area (Å²) < 4.78 is 25.2. The fourth-order valence-electron chi connectivity index (χ4n) is 5.22. The normalized spacial score (nSPS) is 13.6. The predicted octanol–water partition coefficient (Wildman–Crippen LogP) is 5.38. The number of aryl methyl sites for hydroxylation is 4. The molecule has 0 amide bonds. The minimum absolute atomic E-state index is 0.282. The van der Waals surface area contributed by atoms with Crippen LogP contribution in [0.1, 0.15) is 16.7 Å². The lowest BCUT2D eigenvalue weighted by Crippen LogP contribution is -2.40. The van der Waals surface area contributed by atoms with Gasteiger partial charge >= 0.3 is 0 Å². The molecule has 4 aromatic rings. The first-order valence-corrected chi connectivity index (χ1v) is 11.2. The van der Waals surface area contributed by atoms with Gasteiger partial charge in [0, 0.05) is 17.9 Å². The van der Waals surface area contributed by atoms with Crippen molar-refractivity contribution in [3.8, 4) is 45.4 Å². The molecular formula is C28H26NO4+. The number of methoxy groups -OCH3 is 2. The summed E-state index contributed by atoms with van der Waals surface area (Å²) in [5, 5.41) is 2.17. The Bertz CT molecular complexity index is 1420. The molecule has 5 nitrogen and oxygen atoms in total. The van der Waals surface area contributed by atoms with Crippen LogP contribution in [-0.4, -0.2) is 21.0 Å². The van der Waals surface area contributed by atoms with Crippen LogP contribution in [0.4, 0.5) is 0 Å². The van der Waals surface area contributed by atoms with Gasteiger partial charge in [-0.05, 0) is 48.7 Å². The molecule has 3 heterocycles. The van der Waals surface area contributed by atoms with E-state index in [2.05, 4.69) is 67.1 Å². The maximum Gasteiger partial charge on any atom is 0.231 e. The second-order valence-electron chi connectivity index (χ2n) is 8.83. The summed E-state index contributed by atoms with van der Waals surface area (Å²) in [5.41, 5.74) is 8.41. The lowest BCUT2D eigenvalue weighted by molar-refractivity contribution is -0.686. The summed E-state index contributed by atoms with van der Waals surface area (Å²) in [4.78, 5) is 0. The predicted molar refractivity (Wildman–Crippen MR) is 127 cm³/mol. The summed E-state index contributed by atoms with van der Waals surface area (Å²) >= 11 is 0. The van der Waals surface area contributed by atoms with E-state index in [0.29, 0.717) is 0 Å². The van der Waals surface area contributed by atoms with Crippen molar-refractivity contribution < 1.29 is 23.5 Å². The lowest BCUT2D eigenvalue weighted by Gasteiger charge is -2.19. The van der Waals surface area contributed by atoms with E-state index in [4.69, 9.17) is 18.9 Å². The van der Waals surface area contributed by atoms with Crippen molar-refractivity contribution in [1.29, 1.82) is 0 Å². The molecule has 33 heavy (non-hydrogen) atoms. The Balaban J connectivity index is 1.67. The first-order chi connectivity index (χ1) is 16.1. The molecule has 5 heteroatoms. The molecule has 0 saturated carbocycles. The van der Waals surface area contributed by atoms with Crippen molar-refractivity contribution in [3.05, 3.63) is 65.4 Å². The SMILES string of the molecule is COc1cc(-c2cc(C)cc(C)c2)c2cc3[n+](cc2c1OC)CCc1cc2c(cc1-3)OCO2. The van der Waals surface area contributed by atoms with E-state index >= 15 is 0 Å². The highest BCUT2D eigenvalue weighted by molar-refractivity contribution is 6.02. The Hall–Kier alpha value is -3.73. The van der Waals surface area contributed by atoms with Crippen molar-refractivity contribution in [3.63, 3.8) is 0 Å². The van der Waals surface area contributed by atoms with Gasteiger partial charge in [0.2, 0.25) is 12.5 Å². The maximum atomic E-state index is 5.83. The minimum Gasteiger partial charge on any atom is -0.493 e. The molecule has 0 fully saturated rings. The Morgan fingerprint density at radius 2 is 1.55 bits per heavy atom. The van der Waals surface area contributed by atoms with Gasteiger partial charge in [0.25, 0.3) is 0 Å². The van der Waals surface area contributed by atoms with Crippen molar-refractivity contribution in [2.24, 2.45) is 0 Å². The number of benzene rings is 3. The Morgan fingerprint density at radius 3 is 2.27 bits per heavy atom. The van der Waals surface area contributed by atoms with E-state index in [1.54, 1.807) is 14.2 Å². The van der Waals surface area contributed by atoms with Crippen molar-refractivity contribution >= 4 is 10.8 Å². The molecule has 0 spiro atoms. The number of fused-ring (bicyclic) bond motifs is 5. The molecule has 0 radical (unpaired) electrons. The van der Waals surface area contributed by atoms with Gasteiger partial charge < -0.3 is 18.9 Å². The molecule has 0 N–H and O–H groups in total. The summed E-state index contributed by atoms with van der Waals surface area (Å²) in [7, 11) is 3.40. The van der Waals surface area contributed by atoms with E-state index in [-0.39, 0.29) is 6.79 Å². The van der Waals surface area contributed by atoms with Crippen molar-refractivity contribution in [2.45, 2.75) is 26.8 Å². The van der Waals surface area contributed by atoms with E-state index in [1.807, 2.05) is 0 Å². The van der Waals surface area contributed by atoms with Gasteiger partial charge in [-0.25, -0.2) is 0 Å². The molecule has 0 saturated heterocycles. The van der Waals surface area contributed by atoms with Crippen LogP contribution in [0, 0.1) is 13.8 Å². The molecule has 0 unspecified atom stereocenters. The van der Waals surface area contributed by atoms with Gasteiger partial charge in [-0.3, -0.25) is 0 Å². The first kappa shape index (κ1) is 19.9. The van der Waals surface area contributed by atoms with Gasteiger partial charge in [-0.2, -0.15) is 4.57 Å². The van der Waals surface area contributed by atoms with Crippen molar-refractivity contribution in [2.75, 3.05) is 21.0 Å². The number of ether oxygens (including phenoxy) is 4. The number of aromatic nitrogens is 1. The fourth-order valence-corrected chi connectivity index (χ4v) is 5.22. The van der Waals surface area contributed by atoms with E-state index in [9.17, 15) is 0 Å². The molecule has 0 atom stereocenters. The minimum atomic E-state index is 0.282. The second kappa shape index (κ2) is 7.41.